The van der Waals surface area contributed by atoms with Gasteiger partial charge in [-0.2, -0.15) is 16.8 Å². The van der Waals surface area contributed by atoms with Crippen molar-refractivity contribution in [2.45, 2.75) is 144 Å². The normalized spacial score (nSPS) is 16.7. The van der Waals surface area contributed by atoms with Crippen LogP contribution in [-0.4, -0.2) is 214 Å². The molecule has 0 unspecified atom stereocenters. The lowest BCUT2D eigenvalue weighted by molar-refractivity contribution is -0.208. The Balaban J connectivity index is 0.704. The largest absolute Gasteiger partial charge is 0.501 e. The minimum atomic E-state index is -5.13. The SMILES string of the molecule is COc1ccc(/C=C\c2cc(OC)c(OC)c(OC)c2)cc1OS(=O)(=O)Cc1ccc(OCc2ccc(OS(=O)(=O)Oc3cc(C(=O)NCC(C)(C)COCC(C)(C)Cn4cc(COCC(C)(C)COCC(C)(C)CNC(=O)C5CCC(CN6C(=O)C=CC6=O)CC5)nn4)ccc3O[C@H]3O[C@@H](CO)CC[C@@H]3O)cc2)c(CS(=O)(=O)Oc2cc(/C=C\c3cc(OC)c(OC)c(OC)c3)ccc2OC)c1. The number of benzene rings is 7. The van der Waals surface area contributed by atoms with Gasteiger partial charge in [0.1, 0.15) is 41.4 Å². The molecule has 7 aromatic carbocycles. The quantitative estimate of drug-likeness (QED) is 0.0156. The van der Waals surface area contributed by atoms with E-state index < -0.39 is 89.7 Å². The Morgan fingerprint density at radius 3 is 1.51 bits per heavy atom. The number of amides is 4. The maximum Gasteiger partial charge on any atom is 0.501 e. The molecule has 0 bridgehead atoms. The van der Waals surface area contributed by atoms with E-state index in [4.69, 9.17) is 83.0 Å². The predicted molar refractivity (Wildman–Crippen MR) is 511 cm³/mol. The van der Waals surface area contributed by atoms with E-state index in [-0.39, 0.29) is 130 Å². The Morgan fingerprint density at radius 1 is 0.486 bits per heavy atom. The number of hydrogen-bond donors (Lipinski definition) is 4. The molecule has 138 heavy (non-hydrogen) atoms. The van der Waals surface area contributed by atoms with Crippen LogP contribution in [0.2, 0.25) is 0 Å². The van der Waals surface area contributed by atoms with Crippen molar-refractivity contribution in [3.05, 3.63) is 190 Å². The van der Waals surface area contributed by atoms with Gasteiger partial charge in [-0.3, -0.25) is 28.8 Å². The van der Waals surface area contributed by atoms with Crippen LogP contribution in [-0.2, 0) is 95.2 Å². The van der Waals surface area contributed by atoms with Crippen LogP contribution in [0.25, 0.3) is 24.3 Å². The number of nitrogens with zero attached hydrogens (tertiary/aromatic N) is 4. The maximum atomic E-state index is 14.5. The molecule has 1 aromatic heterocycles. The Labute approximate surface area is 805 Å². The Kier molecular flexibility index (Phi) is 36.5. The average molecular weight is 1970 g/mol. The molecule has 748 valence electrons. The minimum absolute atomic E-state index is 0.00790. The summed E-state index contributed by atoms with van der Waals surface area (Å²) >= 11 is 0. The van der Waals surface area contributed by atoms with Crippen LogP contribution in [0.5, 0.6) is 80.5 Å². The summed E-state index contributed by atoms with van der Waals surface area (Å²) in [7, 11) is -2.84. The third-order valence-corrected chi connectivity index (χ3v) is 25.6. The van der Waals surface area contributed by atoms with Crippen molar-refractivity contribution in [1.29, 1.82) is 0 Å². The highest BCUT2D eigenvalue weighted by Crippen LogP contribution is 2.43. The van der Waals surface area contributed by atoms with Gasteiger partial charge >= 0.3 is 30.6 Å². The molecule has 1 saturated carbocycles. The van der Waals surface area contributed by atoms with Crippen LogP contribution in [0.1, 0.15) is 149 Å². The molecule has 3 atom stereocenters. The number of aliphatic hydroxyl groups excluding tert-OH is 2. The zero-order valence-electron chi connectivity index (χ0n) is 80.5. The van der Waals surface area contributed by atoms with E-state index in [1.165, 1.54) is 153 Å². The molecule has 36 nitrogen and oxygen atoms in total. The van der Waals surface area contributed by atoms with Crippen molar-refractivity contribution in [3.63, 3.8) is 0 Å². The molecule has 11 rings (SSSR count). The number of methoxy groups -OCH3 is 8. The van der Waals surface area contributed by atoms with E-state index in [9.17, 15) is 54.6 Å². The van der Waals surface area contributed by atoms with Gasteiger partial charge in [0, 0.05) is 77.0 Å². The van der Waals surface area contributed by atoms with Crippen LogP contribution < -0.4 is 74.7 Å². The second-order valence-electron chi connectivity index (χ2n) is 36.9. The highest BCUT2D eigenvalue weighted by Gasteiger charge is 2.37. The molecular weight excluding hydrogens is 1850 g/mol. The van der Waals surface area contributed by atoms with Crippen molar-refractivity contribution >= 4 is 78.6 Å². The van der Waals surface area contributed by atoms with Gasteiger partial charge in [-0.05, 0) is 169 Å². The van der Waals surface area contributed by atoms with Crippen LogP contribution >= 0.6 is 0 Å². The standard InChI is InChI=1S/C99H124N6O30S3/c1-96(2,56-100-93(110)71-28-21-66(22-29-71)49-105-89(108)39-40-90(105)109)60-128-63-99(7,8)62-126-53-74-50-104(103-102-74)58-98(5,6)61-127-59-97(3,4)57-101-94(111)72-30-38-81(131-95-77(107)34-33-76(51-106)130-95)84(48-72)135-138(116,117)132-75-31-23-67(24-32-75)52-129-78-35-27-70(54-136(112,113)133-82-42-64(25-36-79(82)118-9)17-19-68-44-85(120-11)91(124-15)86(45-68)121-12)41-73(78)55-137(114,115)134-83-43-65(26-37-80(83)119-10)18-20-69-46-87(122-13)92(125-16)88(47-69)123-14/h17-20,23-27,30-32,35-48,50,66,71,76-77,95,106-107H,21-22,28-29,33-34,49,51-63H2,1-16H3,(H,100,110)(H,101,111)/b19-17-,20-18-/t66?,71?,76-,77+,95-/m1/s1. The first-order valence-electron chi connectivity index (χ1n) is 44.6. The number of carbonyl (C=O) groups is 4. The summed E-state index contributed by atoms with van der Waals surface area (Å²) < 4.78 is 191. The van der Waals surface area contributed by atoms with Gasteiger partial charge in [-0.15, -0.1) is 13.5 Å². The van der Waals surface area contributed by atoms with Crippen molar-refractivity contribution < 1.29 is 138 Å². The summed E-state index contributed by atoms with van der Waals surface area (Å²) in [5, 5.41) is 35.7. The molecule has 1 aliphatic carbocycles. The summed E-state index contributed by atoms with van der Waals surface area (Å²) in [6.07, 6.45) is 11.3. The number of aliphatic hydroxyl groups is 2. The fraction of sp³-hybridized carbons (Fsp3) is 0.455. The highest BCUT2D eigenvalue weighted by molar-refractivity contribution is 7.86. The van der Waals surface area contributed by atoms with Gasteiger partial charge in [0.15, 0.2) is 57.5 Å². The first kappa shape index (κ1) is 106. The number of nitrogens with one attached hydrogen (secondary N) is 2. The van der Waals surface area contributed by atoms with E-state index in [1.54, 1.807) is 65.4 Å². The van der Waals surface area contributed by atoms with Crippen LogP contribution in [0.15, 0.2) is 140 Å². The molecule has 2 fully saturated rings. The van der Waals surface area contributed by atoms with Crippen molar-refractivity contribution in [2.24, 2.45) is 33.5 Å². The lowest BCUT2D eigenvalue weighted by atomic mass is 9.81. The molecular formula is C99H124N6O30S3. The summed E-state index contributed by atoms with van der Waals surface area (Å²) in [5.74, 6) is -1.78. The lowest BCUT2D eigenvalue weighted by Gasteiger charge is -2.33. The fourth-order valence-corrected chi connectivity index (χ4v) is 18.2. The molecule has 2 aliphatic heterocycles. The first-order valence-corrected chi connectivity index (χ1v) is 49.1. The molecule has 4 N–H and O–H groups in total. The number of ether oxygens (including phenoxy) is 14. The second kappa shape index (κ2) is 47.4. The zero-order chi connectivity index (χ0) is 99.9. The highest BCUT2D eigenvalue weighted by atomic mass is 32.3. The van der Waals surface area contributed by atoms with Gasteiger partial charge in [-0.1, -0.05) is 115 Å². The van der Waals surface area contributed by atoms with Gasteiger partial charge in [0.25, 0.3) is 17.7 Å². The van der Waals surface area contributed by atoms with Gasteiger partial charge in [0.05, 0.1) is 115 Å². The third kappa shape index (κ3) is 30.9. The van der Waals surface area contributed by atoms with Crippen LogP contribution in [0.3, 0.4) is 0 Å². The molecule has 3 aliphatic rings. The molecule has 39 heteroatoms. The Morgan fingerprint density at radius 2 is 0.971 bits per heavy atom. The lowest BCUT2D eigenvalue weighted by Crippen LogP contribution is -2.43. The number of hydrogen-bond acceptors (Lipinski definition) is 32. The number of imide groups is 1. The molecule has 8 aromatic rings. The monoisotopic (exact) mass is 1970 g/mol. The van der Waals surface area contributed by atoms with Crippen molar-refractivity contribution in [2.75, 3.05) is 116 Å². The zero-order valence-corrected chi connectivity index (χ0v) is 82.9. The fourth-order valence-electron chi connectivity index (χ4n) is 15.4. The van der Waals surface area contributed by atoms with Crippen molar-refractivity contribution in [1.82, 2.24) is 30.5 Å². The average Bonchev–Trinajstić information content (AvgIpc) is 0.967. The Hall–Kier alpha value is -12.2. The Bertz CT molecular complexity index is 5940. The second-order valence-corrected chi connectivity index (χ2v) is 41.2. The molecule has 1 saturated heterocycles. The topological polar surface area (TPSA) is 435 Å². The summed E-state index contributed by atoms with van der Waals surface area (Å²) in [4.78, 5) is 52.7. The summed E-state index contributed by atoms with van der Waals surface area (Å²) in [6, 6.07) is 29.5. The van der Waals surface area contributed by atoms with Gasteiger partial charge < -0.3 is 104 Å². The van der Waals surface area contributed by atoms with E-state index in [0.29, 0.717) is 133 Å². The smallest absolute Gasteiger partial charge is 0.493 e. The maximum absolute atomic E-state index is 14.5. The predicted octanol–water partition coefficient (Wildman–Crippen LogP) is 13.0. The summed E-state index contributed by atoms with van der Waals surface area (Å²) in [5.41, 5.74) is 1.49. The molecule has 4 amide bonds. The van der Waals surface area contributed by atoms with Crippen LogP contribution in [0.4, 0.5) is 0 Å². The van der Waals surface area contributed by atoms with Gasteiger partial charge in [-0.25, -0.2) is 0 Å². The minimum Gasteiger partial charge on any atom is -0.493 e. The van der Waals surface area contributed by atoms with E-state index in [0.717, 1.165) is 18.9 Å². The van der Waals surface area contributed by atoms with Crippen LogP contribution in [0, 0.1) is 33.5 Å². The van der Waals surface area contributed by atoms with Crippen molar-refractivity contribution in [3.8, 4) is 80.5 Å². The number of aromatic nitrogens is 3. The molecule has 0 radical (unpaired) electrons. The molecule has 3 heterocycles. The van der Waals surface area contributed by atoms with E-state index in [1.807, 2.05) is 61.6 Å². The van der Waals surface area contributed by atoms with Gasteiger partial charge in [0.2, 0.25) is 23.7 Å². The van der Waals surface area contributed by atoms with E-state index >= 15 is 0 Å². The first-order chi connectivity index (χ1) is 65.5. The number of rotatable bonds is 52. The number of carbonyl (C=O) groups excluding carboxylic acids is 4. The summed E-state index contributed by atoms with van der Waals surface area (Å²) in [6.45, 7) is 18.6. The van der Waals surface area contributed by atoms with E-state index in [2.05, 4.69) is 20.9 Å². The molecule has 0 spiro atoms. The third-order valence-electron chi connectivity index (χ3n) is 22.6.